The first-order chi connectivity index (χ1) is 8.43. The molecule has 0 bridgehead atoms. The molecule has 0 saturated carbocycles. The molecule has 0 aliphatic rings. The van der Waals surface area contributed by atoms with Crippen molar-refractivity contribution in [1.82, 2.24) is 8.75 Å². The number of alkyl halides is 3. The number of anilines is 1. The second kappa shape index (κ2) is 4.52. The third-order valence-corrected chi connectivity index (χ3v) is 2.80. The topological polar surface area (TPSA) is 37.8 Å². The average Bonchev–Trinajstić information content (AvgIpc) is 2.74. The van der Waals surface area contributed by atoms with Gasteiger partial charge in [0, 0.05) is 12.6 Å². The molecule has 18 heavy (non-hydrogen) atoms. The maximum atomic E-state index is 13.4. The summed E-state index contributed by atoms with van der Waals surface area (Å²) in [5, 5.41) is 2.73. The first-order valence-electron chi connectivity index (χ1n) is 4.81. The van der Waals surface area contributed by atoms with Crippen LogP contribution in [-0.4, -0.2) is 15.8 Å². The van der Waals surface area contributed by atoms with Crippen LogP contribution >= 0.6 is 11.7 Å². The summed E-state index contributed by atoms with van der Waals surface area (Å²) in [6.07, 6.45) is -4.70. The Morgan fingerprint density at radius 1 is 1.22 bits per heavy atom. The van der Waals surface area contributed by atoms with Crippen molar-refractivity contribution in [2.75, 3.05) is 12.4 Å². The molecular formula is C10H7F4N3S. The van der Waals surface area contributed by atoms with E-state index in [1.54, 1.807) is 7.05 Å². The van der Waals surface area contributed by atoms with Gasteiger partial charge in [0.2, 0.25) is 0 Å². The van der Waals surface area contributed by atoms with Gasteiger partial charge in [-0.3, -0.25) is 0 Å². The van der Waals surface area contributed by atoms with Crippen molar-refractivity contribution in [3.8, 4) is 11.3 Å². The Morgan fingerprint density at radius 3 is 2.50 bits per heavy atom. The van der Waals surface area contributed by atoms with Gasteiger partial charge in [0.1, 0.15) is 11.5 Å². The molecule has 1 N–H and O–H groups in total. The molecule has 0 saturated heterocycles. The van der Waals surface area contributed by atoms with Gasteiger partial charge in [-0.25, -0.2) is 4.39 Å². The van der Waals surface area contributed by atoms with Crippen molar-refractivity contribution in [3.63, 3.8) is 0 Å². The Hall–Kier alpha value is -1.70. The summed E-state index contributed by atoms with van der Waals surface area (Å²) in [5.41, 5.74) is -0.714. The fraction of sp³-hybridized carbons (Fsp3) is 0.200. The molecule has 0 atom stereocenters. The lowest BCUT2D eigenvalue weighted by Crippen LogP contribution is -2.08. The smallest absolute Gasteiger partial charge is 0.370 e. The average molecular weight is 277 g/mol. The first-order valence-corrected chi connectivity index (χ1v) is 5.54. The number of hydrogen-bond donors (Lipinski definition) is 1. The number of rotatable bonds is 2. The summed E-state index contributed by atoms with van der Waals surface area (Å²) >= 11 is 0.894. The molecule has 2 rings (SSSR count). The minimum absolute atomic E-state index is 0.249. The molecule has 3 nitrogen and oxygen atoms in total. The quantitative estimate of drug-likeness (QED) is 0.855. The molecular weight excluding hydrogens is 270 g/mol. The summed E-state index contributed by atoms with van der Waals surface area (Å²) in [4.78, 5) is 0. The van der Waals surface area contributed by atoms with Crippen LogP contribution in [0.1, 0.15) is 5.56 Å². The van der Waals surface area contributed by atoms with Crippen LogP contribution in [0.5, 0.6) is 0 Å². The molecule has 0 unspecified atom stereocenters. The number of nitrogens with zero attached hydrogens (tertiary/aromatic N) is 2. The number of nitrogens with one attached hydrogen (secondary N) is 1. The fourth-order valence-electron chi connectivity index (χ4n) is 1.43. The molecule has 0 spiro atoms. The minimum Gasteiger partial charge on any atom is -0.370 e. The summed E-state index contributed by atoms with van der Waals surface area (Å²) < 4.78 is 58.4. The second-order valence-corrected chi connectivity index (χ2v) is 3.93. The summed E-state index contributed by atoms with van der Waals surface area (Å²) in [6.45, 7) is 0. The molecule has 1 aromatic carbocycles. The van der Waals surface area contributed by atoms with Gasteiger partial charge in [0.15, 0.2) is 5.82 Å². The second-order valence-electron chi connectivity index (χ2n) is 3.40. The highest BCUT2D eigenvalue weighted by Crippen LogP contribution is 2.34. The third kappa shape index (κ3) is 2.28. The molecule has 0 radical (unpaired) electrons. The largest absolute Gasteiger partial charge is 0.419 e. The van der Waals surface area contributed by atoms with E-state index in [2.05, 4.69) is 14.1 Å². The van der Waals surface area contributed by atoms with Gasteiger partial charge >= 0.3 is 6.18 Å². The van der Waals surface area contributed by atoms with Crippen LogP contribution in [0.2, 0.25) is 0 Å². The number of benzene rings is 1. The number of aromatic nitrogens is 2. The highest BCUT2D eigenvalue weighted by molar-refractivity contribution is 6.99. The van der Waals surface area contributed by atoms with Crippen LogP contribution < -0.4 is 5.32 Å². The van der Waals surface area contributed by atoms with E-state index in [1.165, 1.54) is 6.07 Å². The van der Waals surface area contributed by atoms with Gasteiger partial charge in [-0.15, -0.1) is 0 Å². The van der Waals surface area contributed by atoms with Crippen LogP contribution in [0.4, 0.5) is 23.4 Å². The predicted octanol–water partition coefficient (Wildman–Crippen LogP) is 3.40. The zero-order chi connectivity index (χ0) is 13.3. The number of halogens is 4. The van der Waals surface area contributed by atoms with Crippen LogP contribution in [0.3, 0.4) is 0 Å². The van der Waals surface area contributed by atoms with Gasteiger partial charge in [-0.1, -0.05) is 6.07 Å². The van der Waals surface area contributed by atoms with Gasteiger partial charge in [-0.05, 0) is 12.1 Å². The lowest BCUT2D eigenvalue weighted by atomic mass is 10.1. The standard InChI is InChI=1S/C10H7F4N3S/c1-15-9-8(16-18-17-9)5-2-3-6(7(11)4-5)10(12,13)14/h2-4H,1H3,(H,15,17). The van der Waals surface area contributed by atoms with Crippen molar-refractivity contribution in [3.05, 3.63) is 29.6 Å². The first kappa shape index (κ1) is 12.7. The lowest BCUT2D eigenvalue weighted by Gasteiger charge is -2.08. The van der Waals surface area contributed by atoms with Gasteiger partial charge < -0.3 is 5.32 Å². The summed E-state index contributed by atoms with van der Waals surface area (Å²) in [5.74, 6) is -0.922. The van der Waals surface area contributed by atoms with Crippen molar-refractivity contribution in [2.24, 2.45) is 0 Å². The fourth-order valence-corrected chi connectivity index (χ4v) is 2.01. The molecule has 0 amide bonds. The van der Waals surface area contributed by atoms with E-state index in [0.29, 0.717) is 17.6 Å². The van der Waals surface area contributed by atoms with Crippen LogP contribution in [-0.2, 0) is 6.18 Å². The van der Waals surface area contributed by atoms with Crippen molar-refractivity contribution in [2.45, 2.75) is 6.18 Å². The van der Waals surface area contributed by atoms with E-state index in [-0.39, 0.29) is 5.56 Å². The van der Waals surface area contributed by atoms with E-state index >= 15 is 0 Å². The zero-order valence-electron chi connectivity index (χ0n) is 9.05. The molecule has 96 valence electrons. The Kier molecular flexibility index (Phi) is 3.20. The maximum Gasteiger partial charge on any atom is 0.419 e. The monoisotopic (exact) mass is 277 g/mol. The molecule has 8 heteroatoms. The van der Waals surface area contributed by atoms with Gasteiger partial charge in [0.25, 0.3) is 0 Å². The normalized spacial score (nSPS) is 11.6. The highest BCUT2D eigenvalue weighted by Gasteiger charge is 2.34. The van der Waals surface area contributed by atoms with E-state index < -0.39 is 17.6 Å². The number of hydrogen-bond acceptors (Lipinski definition) is 4. The Bertz CT molecular complexity index is 564. The molecule has 0 aliphatic carbocycles. The van der Waals surface area contributed by atoms with Crippen molar-refractivity contribution >= 4 is 17.5 Å². The highest BCUT2D eigenvalue weighted by atomic mass is 32.1. The van der Waals surface area contributed by atoms with E-state index in [9.17, 15) is 17.6 Å². The summed E-state index contributed by atoms with van der Waals surface area (Å²) in [7, 11) is 1.60. The van der Waals surface area contributed by atoms with Crippen LogP contribution in [0.25, 0.3) is 11.3 Å². The third-order valence-electron chi connectivity index (χ3n) is 2.27. The van der Waals surface area contributed by atoms with Crippen LogP contribution in [0, 0.1) is 5.82 Å². The van der Waals surface area contributed by atoms with Crippen molar-refractivity contribution in [1.29, 1.82) is 0 Å². The minimum atomic E-state index is -4.70. The van der Waals surface area contributed by atoms with Gasteiger partial charge in [0.05, 0.1) is 17.3 Å². The maximum absolute atomic E-state index is 13.4. The Morgan fingerprint density at radius 2 is 1.94 bits per heavy atom. The zero-order valence-corrected chi connectivity index (χ0v) is 9.86. The van der Waals surface area contributed by atoms with E-state index in [1.807, 2.05) is 0 Å². The Balaban J connectivity index is 2.47. The van der Waals surface area contributed by atoms with E-state index in [0.717, 1.165) is 17.8 Å². The molecule has 1 heterocycles. The molecule has 0 aliphatic heterocycles. The van der Waals surface area contributed by atoms with Crippen LogP contribution in [0.15, 0.2) is 18.2 Å². The Labute approximate surface area is 104 Å². The predicted molar refractivity (Wildman–Crippen MR) is 59.9 cm³/mol. The molecule has 0 fully saturated rings. The summed E-state index contributed by atoms with van der Waals surface area (Å²) in [6, 6.07) is 2.67. The van der Waals surface area contributed by atoms with Gasteiger partial charge in [-0.2, -0.15) is 21.9 Å². The SMILES string of the molecule is CNc1nsnc1-c1ccc(C(F)(F)F)c(F)c1. The lowest BCUT2D eigenvalue weighted by molar-refractivity contribution is -0.139. The molecule has 2 aromatic rings. The van der Waals surface area contributed by atoms with E-state index in [4.69, 9.17) is 0 Å². The molecule has 1 aromatic heterocycles. The van der Waals surface area contributed by atoms with Crippen molar-refractivity contribution < 1.29 is 17.6 Å².